The minimum absolute atomic E-state index is 0.661. The number of anilines is 2. The molecule has 0 atom stereocenters. The number of ether oxygens (including phenoxy) is 1. The number of aromatic nitrogens is 7. The molecule has 1 aliphatic rings. The zero-order valence-corrected chi connectivity index (χ0v) is 16.3. The van der Waals surface area contributed by atoms with Crippen LogP contribution in [0.15, 0.2) is 43.4 Å². The first-order valence-corrected chi connectivity index (χ1v) is 9.39. The van der Waals surface area contributed by atoms with Crippen LogP contribution in [0.4, 0.5) is 11.8 Å². The molecule has 148 valence electrons. The standard InChI is InChI=1S/C19H21N9O/c1-25-11-15(8-23-25)14-7-17-18(22-13-24-28(17)12-14)26-3-5-27(6-4-26)19-20-9-16(29-2)10-21-19/h7-13H,3-6H2,1-2H3. The second-order valence-corrected chi connectivity index (χ2v) is 6.94. The van der Waals surface area contributed by atoms with E-state index in [1.165, 1.54) is 0 Å². The van der Waals surface area contributed by atoms with Crippen LogP contribution in [0.25, 0.3) is 16.6 Å². The summed E-state index contributed by atoms with van der Waals surface area (Å²) in [5, 5.41) is 8.64. The fourth-order valence-corrected chi connectivity index (χ4v) is 3.58. The summed E-state index contributed by atoms with van der Waals surface area (Å²) < 4.78 is 8.81. The SMILES string of the molecule is COc1cnc(N2CCN(c3ncnn4cc(-c5cnn(C)c5)cc34)CC2)nc1. The number of methoxy groups -OCH3 is 1. The van der Waals surface area contributed by atoms with E-state index in [9.17, 15) is 0 Å². The average molecular weight is 391 g/mol. The normalized spacial score (nSPS) is 14.6. The second kappa shape index (κ2) is 7.04. The van der Waals surface area contributed by atoms with E-state index in [4.69, 9.17) is 4.74 Å². The van der Waals surface area contributed by atoms with Gasteiger partial charge >= 0.3 is 0 Å². The van der Waals surface area contributed by atoms with Crippen LogP contribution >= 0.6 is 0 Å². The van der Waals surface area contributed by atoms with Crippen LogP contribution in [-0.4, -0.2) is 67.6 Å². The molecule has 1 aliphatic heterocycles. The van der Waals surface area contributed by atoms with Crippen LogP contribution in [0.3, 0.4) is 0 Å². The number of aryl methyl sites for hydroxylation is 1. The number of nitrogens with zero attached hydrogens (tertiary/aromatic N) is 9. The smallest absolute Gasteiger partial charge is 0.225 e. The first kappa shape index (κ1) is 17.4. The van der Waals surface area contributed by atoms with Crippen LogP contribution in [-0.2, 0) is 7.05 Å². The van der Waals surface area contributed by atoms with Gasteiger partial charge in [0.2, 0.25) is 5.95 Å². The predicted octanol–water partition coefficient (Wildman–Crippen LogP) is 1.25. The molecule has 5 rings (SSSR count). The number of piperazine rings is 1. The lowest BCUT2D eigenvalue weighted by molar-refractivity contribution is 0.410. The Morgan fingerprint density at radius 1 is 0.862 bits per heavy atom. The van der Waals surface area contributed by atoms with Gasteiger partial charge in [0.15, 0.2) is 11.6 Å². The van der Waals surface area contributed by atoms with Gasteiger partial charge in [0.25, 0.3) is 0 Å². The lowest BCUT2D eigenvalue weighted by Crippen LogP contribution is -2.47. The lowest BCUT2D eigenvalue weighted by Gasteiger charge is -2.35. The van der Waals surface area contributed by atoms with Crippen LogP contribution in [0.2, 0.25) is 0 Å². The summed E-state index contributed by atoms with van der Waals surface area (Å²) in [7, 11) is 3.53. The van der Waals surface area contributed by atoms with Gasteiger partial charge in [-0.25, -0.2) is 19.5 Å². The monoisotopic (exact) mass is 391 g/mol. The van der Waals surface area contributed by atoms with Crippen LogP contribution in [0.5, 0.6) is 5.75 Å². The van der Waals surface area contributed by atoms with Crippen molar-refractivity contribution >= 4 is 17.3 Å². The molecule has 0 aromatic carbocycles. The summed E-state index contributed by atoms with van der Waals surface area (Å²) in [6.45, 7) is 3.29. The van der Waals surface area contributed by atoms with Crippen molar-refractivity contribution in [3.63, 3.8) is 0 Å². The summed E-state index contributed by atoms with van der Waals surface area (Å²) >= 11 is 0. The quantitative estimate of drug-likeness (QED) is 0.514. The van der Waals surface area contributed by atoms with E-state index in [1.807, 2.05) is 30.2 Å². The highest BCUT2D eigenvalue weighted by molar-refractivity contribution is 5.77. The first-order chi connectivity index (χ1) is 14.2. The molecule has 1 fully saturated rings. The van der Waals surface area contributed by atoms with E-state index in [0.717, 1.165) is 54.6 Å². The summed E-state index contributed by atoms with van der Waals surface area (Å²) in [4.78, 5) is 17.8. The van der Waals surface area contributed by atoms with Gasteiger partial charge in [-0.2, -0.15) is 10.2 Å². The van der Waals surface area contributed by atoms with Gasteiger partial charge in [-0.05, 0) is 6.07 Å². The van der Waals surface area contributed by atoms with E-state index in [1.54, 1.807) is 30.5 Å². The van der Waals surface area contributed by atoms with Crippen molar-refractivity contribution < 1.29 is 4.74 Å². The molecule has 0 N–H and O–H groups in total. The molecule has 10 nitrogen and oxygen atoms in total. The third-order valence-electron chi connectivity index (χ3n) is 5.14. The number of hydrogen-bond acceptors (Lipinski definition) is 8. The zero-order valence-electron chi connectivity index (χ0n) is 16.3. The van der Waals surface area contributed by atoms with Gasteiger partial charge in [0.05, 0.1) is 25.7 Å². The molecule has 29 heavy (non-hydrogen) atoms. The lowest BCUT2D eigenvalue weighted by atomic mass is 10.2. The fraction of sp³-hybridized carbons (Fsp3) is 0.316. The van der Waals surface area contributed by atoms with Gasteiger partial charge in [-0.1, -0.05) is 0 Å². The maximum atomic E-state index is 5.13. The summed E-state index contributed by atoms with van der Waals surface area (Å²) in [6.07, 6.45) is 10.9. The molecular formula is C19H21N9O. The Morgan fingerprint density at radius 2 is 1.62 bits per heavy atom. The fourth-order valence-electron chi connectivity index (χ4n) is 3.58. The molecule has 10 heteroatoms. The minimum atomic E-state index is 0.661. The van der Waals surface area contributed by atoms with Gasteiger partial charge in [-0.15, -0.1) is 0 Å². The average Bonchev–Trinajstić information content (AvgIpc) is 3.40. The van der Waals surface area contributed by atoms with Gasteiger partial charge in [0.1, 0.15) is 11.8 Å². The Balaban J connectivity index is 1.36. The van der Waals surface area contributed by atoms with E-state index in [2.05, 4.69) is 41.0 Å². The van der Waals surface area contributed by atoms with E-state index in [0.29, 0.717) is 5.75 Å². The molecule has 4 aromatic heterocycles. The molecule has 0 aliphatic carbocycles. The largest absolute Gasteiger partial charge is 0.494 e. The van der Waals surface area contributed by atoms with Crippen LogP contribution < -0.4 is 14.5 Å². The van der Waals surface area contributed by atoms with Crippen molar-refractivity contribution in [2.75, 3.05) is 43.1 Å². The maximum absolute atomic E-state index is 5.13. The Kier molecular flexibility index (Phi) is 4.23. The van der Waals surface area contributed by atoms with Gasteiger partial charge in [0, 0.05) is 56.7 Å². The number of rotatable bonds is 4. The molecule has 0 amide bonds. The number of fused-ring (bicyclic) bond motifs is 1. The predicted molar refractivity (Wildman–Crippen MR) is 108 cm³/mol. The molecule has 5 heterocycles. The number of hydrogen-bond donors (Lipinski definition) is 0. The van der Waals surface area contributed by atoms with Crippen molar-refractivity contribution in [2.45, 2.75) is 0 Å². The molecule has 0 saturated carbocycles. The minimum Gasteiger partial charge on any atom is -0.494 e. The Labute approximate surface area is 167 Å². The highest BCUT2D eigenvalue weighted by Crippen LogP contribution is 2.27. The van der Waals surface area contributed by atoms with Gasteiger partial charge in [-0.3, -0.25) is 4.68 Å². The molecule has 0 spiro atoms. The zero-order chi connectivity index (χ0) is 19.8. The van der Waals surface area contributed by atoms with E-state index < -0.39 is 0 Å². The molecular weight excluding hydrogens is 370 g/mol. The van der Waals surface area contributed by atoms with E-state index >= 15 is 0 Å². The van der Waals surface area contributed by atoms with E-state index in [-0.39, 0.29) is 0 Å². The van der Waals surface area contributed by atoms with Crippen molar-refractivity contribution in [1.29, 1.82) is 0 Å². The van der Waals surface area contributed by atoms with Crippen molar-refractivity contribution in [2.24, 2.45) is 7.05 Å². The first-order valence-electron chi connectivity index (χ1n) is 9.39. The molecule has 1 saturated heterocycles. The Bertz CT molecular complexity index is 1130. The molecule has 4 aromatic rings. The Morgan fingerprint density at radius 3 is 2.31 bits per heavy atom. The summed E-state index contributed by atoms with van der Waals surface area (Å²) in [5.74, 6) is 2.32. The second-order valence-electron chi connectivity index (χ2n) is 6.94. The van der Waals surface area contributed by atoms with Crippen LogP contribution in [0, 0.1) is 0 Å². The topological polar surface area (TPSA) is 89.5 Å². The molecule has 0 unspecified atom stereocenters. The third-order valence-corrected chi connectivity index (χ3v) is 5.14. The highest BCUT2D eigenvalue weighted by atomic mass is 16.5. The Hall–Kier alpha value is -3.69. The summed E-state index contributed by atoms with van der Waals surface area (Å²) in [6, 6.07) is 2.12. The van der Waals surface area contributed by atoms with Crippen molar-refractivity contribution in [1.82, 2.24) is 34.3 Å². The molecule has 0 bridgehead atoms. The molecule has 0 radical (unpaired) electrons. The van der Waals surface area contributed by atoms with Crippen molar-refractivity contribution in [3.8, 4) is 16.9 Å². The maximum Gasteiger partial charge on any atom is 0.225 e. The van der Waals surface area contributed by atoms with Crippen LogP contribution in [0.1, 0.15) is 0 Å². The van der Waals surface area contributed by atoms with Crippen molar-refractivity contribution in [3.05, 3.63) is 43.4 Å². The third kappa shape index (κ3) is 3.22. The summed E-state index contributed by atoms with van der Waals surface area (Å²) in [5.41, 5.74) is 3.12. The highest BCUT2D eigenvalue weighted by Gasteiger charge is 2.22. The van der Waals surface area contributed by atoms with Gasteiger partial charge < -0.3 is 14.5 Å².